The van der Waals surface area contributed by atoms with Gasteiger partial charge in [0, 0.05) is 31.4 Å². The number of hydrogen-bond acceptors (Lipinski definition) is 5. The molecule has 0 atom stereocenters. The van der Waals surface area contributed by atoms with Crippen molar-refractivity contribution in [2.45, 2.75) is 13.5 Å². The standard InChI is InChI=1S/C19H23N7O2.HI/c1-2-20-19(23-13-17-25-24-16-5-3-4-12-26(16)17)22-11-10-21-18(28)14-6-8-15(27)9-7-14;/h3-9,12,27H,2,10-11,13H2,1H3,(H,21,28)(H2,20,22,23);1H. The largest absolute Gasteiger partial charge is 0.508 e. The number of phenolic OH excluding ortho intramolecular Hbond substituents is 1. The Hall–Kier alpha value is -2.89. The number of benzene rings is 1. The van der Waals surface area contributed by atoms with Crippen LogP contribution >= 0.6 is 24.0 Å². The Balaban J connectivity index is 0.00000300. The first kappa shape index (κ1) is 22.4. The second-order valence-electron chi connectivity index (χ2n) is 5.97. The highest BCUT2D eigenvalue weighted by Crippen LogP contribution is 2.09. The van der Waals surface area contributed by atoms with Crippen LogP contribution in [0.4, 0.5) is 0 Å². The second-order valence-corrected chi connectivity index (χ2v) is 5.97. The zero-order valence-electron chi connectivity index (χ0n) is 16.0. The number of halogens is 1. The van der Waals surface area contributed by atoms with Crippen LogP contribution in [0, 0.1) is 0 Å². The van der Waals surface area contributed by atoms with Gasteiger partial charge in [0.1, 0.15) is 12.3 Å². The molecule has 0 radical (unpaired) electrons. The number of aliphatic imine (C=N–C) groups is 1. The first-order valence-corrected chi connectivity index (χ1v) is 9.05. The molecule has 0 saturated heterocycles. The summed E-state index contributed by atoms with van der Waals surface area (Å²) >= 11 is 0. The van der Waals surface area contributed by atoms with Crippen molar-refractivity contribution < 1.29 is 9.90 Å². The average Bonchev–Trinajstić information content (AvgIpc) is 3.13. The van der Waals surface area contributed by atoms with Crippen LogP contribution in [0.15, 0.2) is 53.7 Å². The number of guanidine groups is 1. The Morgan fingerprint density at radius 3 is 2.59 bits per heavy atom. The monoisotopic (exact) mass is 509 g/mol. The topological polar surface area (TPSA) is 116 Å². The van der Waals surface area contributed by atoms with Crippen molar-refractivity contribution in [2.75, 3.05) is 19.6 Å². The van der Waals surface area contributed by atoms with Crippen LogP contribution in [0.5, 0.6) is 5.75 Å². The number of rotatable bonds is 7. The molecule has 3 aromatic rings. The van der Waals surface area contributed by atoms with E-state index >= 15 is 0 Å². The fourth-order valence-electron chi connectivity index (χ4n) is 2.56. The van der Waals surface area contributed by atoms with Gasteiger partial charge in [-0.25, -0.2) is 4.99 Å². The van der Waals surface area contributed by atoms with Crippen LogP contribution in [0.2, 0.25) is 0 Å². The minimum absolute atomic E-state index is 0. The van der Waals surface area contributed by atoms with Gasteiger partial charge in [0.25, 0.3) is 5.91 Å². The molecule has 154 valence electrons. The van der Waals surface area contributed by atoms with E-state index in [4.69, 9.17) is 0 Å². The second kappa shape index (κ2) is 11.2. The third-order valence-corrected chi connectivity index (χ3v) is 3.94. The molecule has 2 aromatic heterocycles. The van der Waals surface area contributed by atoms with Crippen LogP contribution in [0.1, 0.15) is 23.1 Å². The summed E-state index contributed by atoms with van der Waals surface area (Å²) in [6, 6.07) is 11.8. The highest BCUT2D eigenvalue weighted by molar-refractivity contribution is 14.0. The van der Waals surface area contributed by atoms with Gasteiger partial charge in [0.05, 0.1) is 0 Å². The molecule has 0 bridgehead atoms. The van der Waals surface area contributed by atoms with Crippen molar-refractivity contribution in [3.8, 4) is 5.75 Å². The maximum atomic E-state index is 12.0. The molecule has 1 amide bonds. The maximum Gasteiger partial charge on any atom is 0.251 e. The van der Waals surface area contributed by atoms with E-state index in [1.807, 2.05) is 35.7 Å². The maximum absolute atomic E-state index is 12.0. The summed E-state index contributed by atoms with van der Waals surface area (Å²) in [6.45, 7) is 4.01. The smallest absolute Gasteiger partial charge is 0.251 e. The lowest BCUT2D eigenvalue weighted by atomic mass is 10.2. The number of hydrogen-bond donors (Lipinski definition) is 4. The van der Waals surface area contributed by atoms with E-state index in [9.17, 15) is 9.90 Å². The molecule has 4 N–H and O–H groups in total. The molecule has 3 rings (SSSR count). The number of pyridine rings is 1. The molecule has 0 unspecified atom stereocenters. The summed E-state index contributed by atoms with van der Waals surface area (Å²) in [5.41, 5.74) is 1.28. The van der Waals surface area contributed by atoms with Crippen molar-refractivity contribution in [2.24, 2.45) is 4.99 Å². The Kier molecular flexibility index (Phi) is 8.65. The molecular weight excluding hydrogens is 485 g/mol. The van der Waals surface area contributed by atoms with E-state index in [1.54, 1.807) is 12.1 Å². The zero-order valence-corrected chi connectivity index (χ0v) is 18.3. The van der Waals surface area contributed by atoms with Crippen molar-refractivity contribution >= 4 is 41.5 Å². The lowest BCUT2D eigenvalue weighted by Crippen LogP contribution is -2.41. The van der Waals surface area contributed by atoms with Gasteiger partial charge in [-0.2, -0.15) is 0 Å². The van der Waals surface area contributed by atoms with Crippen molar-refractivity contribution in [1.29, 1.82) is 0 Å². The van der Waals surface area contributed by atoms with Crippen LogP contribution in [0.3, 0.4) is 0 Å². The Morgan fingerprint density at radius 1 is 1.07 bits per heavy atom. The predicted molar refractivity (Wildman–Crippen MR) is 122 cm³/mol. The highest BCUT2D eigenvalue weighted by Gasteiger charge is 2.06. The van der Waals surface area contributed by atoms with E-state index in [2.05, 4.69) is 31.1 Å². The summed E-state index contributed by atoms with van der Waals surface area (Å²) in [5, 5.41) is 26.7. The lowest BCUT2D eigenvalue weighted by Gasteiger charge is -2.11. The van der Waals surface area contributed by atoms with Gasteiger partial charge < -0.3 is 21.1 Å². The van der Waals surface area contributed by atoms with E-state index < -0.39 is 0 Å². The molecule has 0 aliphatic rings. The summed E-state index contributed by atoms with van der Waals surface area (Å²) < 4.78 is 1.89. The van der Waals surface area contributed by atoms with Gasteiger partial charge in [-0.3, -0.25) is 9.20 Å². The molecule has 0 spiro atoms. The highest BCUT2D eigenvalue weighted by atomic mass is 127. The predicted octanol–water partition coefficient (Wildman–Crippen LogP) is 1.54. The van der Waals surface area contributed by atoms with Gasteiger partial charge in [-0.15, -0.1) is 34.2 Å². The number of amides is 1. The third kappa shape index (κ3) is 6.31. The number of nitrogens with zero attached hydrogens (tertiary/aromatic N) is 4. The van der Waals surface area contributed by atoms with Crippen LogP contribution in [0.25, 0.3) is 5.65 Å². The molecule has 0 saturated carbocycles. The van der Waals surface area contributed by atoms with Gasteiger partial charge in [-0.05, 0) is 43.3 Å². The molecule has 9 nitrogen and oxygen atoms in total. The fraction of sp³-hybridized carbons (Fsp3) is 0.263. The zero-order chi connectivity index (χ0) is 19.8. The van der Waals surface area contributed by atoms with Crippen LogP contribution in [-0.4, -0.2) is 51.2 Å². The number of fused-ring (bicyclic) bond motifs is 1. The molecule has 0 aliphatic carbocycles. The molecule has 10 heteroatoms. The summed E-state index contributed by atoms with van der Waals surface area (Å²) in [6.07, 6.45) is 1.90. The quantitative estimate of drug-likeness (QED) is 0.166. The van der Waals surface area contributed by atoms with Crippen LogP contribution in [-0.2, 0) is 6.54 Å². The van der Waals surface area contributed by atoms with Gasteiger partial charge in [-0.1, -0.05) is 6.07 Å². The van der Waals surface area contributed by atoms with E-state index in [-0.39, 0.29) is 35.6 Å². The first-order valence-electron chi connectivity index (χ1n) is 9.05. The SMILES string of the molecule is CCNC(=NCc1nnc2ccccn12)NCCNC(=O)c1ccc(O)cc1.I. The van der Waals surface area contributed by atoms with E-state index in [0.717, 1.165) is 11.5 Å². The minimum Gasteiger partial charge on any atom is -0.508 e. The molecule has 0 fully saturated rings. The van der Waals surface area contributed by atoms with Crippen molar-refractivity contribution in [3.05, 3.63) is 60.0 Å². The number of nitrogens with one attached hydrogen (secondary N) is 3. The molecule has 2 heterocycles. The number of carbonyl (C=O) groups is 1. The molecule has 1 aromatic carbocycles. The number of aromatic hydroxyl groups is 1. The summed E-state index contributed by atoms with van der Waals surface area (Å²) in [5.74, 6) is 1.31. The number of phenols is 1. The Labute approximate surface area is 185 Å². The Morgan fingerprint density at radius 2 is 1.83 bits per heavy atom. The normalized spacial score (nSPS) is 11.0. The molecule has 29 heavy (non-hydrogen) atoms. The number of aromatic nitrogens is 3. The third-order valence-electron chi connectivity index (χ3n) is 3.94. The van der Waals surface area contributed by atoms with Gasteiger partial charge in [0.2, 0.25) is 0 Å². The van der Waals surface area contributed by atoms with Gasteiger partial charge >= 0.3 is 0 Å². The Bertz CT molecular complexity index is 957. The van der Waals surface area contributed by atoms with E-state index in [0.29, 0.717) is 37.7 Å². The lowest BCUT2D eigenvalue weighted by molar-refractivity contribution is 0.0954. The fourth-order valence-corrected chi connectivity index (χ4v) is 2.56. The van der Waals surface area contributed by atoms with Crippen molar-refractivity contribution in [3.63, 3.8) is 0 Å². The van der Waals surface area contributed by atoms with Crippen LogP contribution < -0.4 is 16.0 Å². The summed E-state index contributed by atoms with van der Waals surface area (Å²) in [7, 11) is 0. The van der Waals surface area contributed by atoms with E-state index in [1.165, 1.54) is 12.1 Å². The van der Waals surface area contributed by atoms with Gasteiger partial charge in [0.15, 0.2) is 17.4 Å². The van der Waals surface area contributed by atoms with Crippen molar-refractivity contribution in [1.82, 2.24) is 30.5 Å². The average molecular weight is 509 g/mol. The molecule has 0 aliphatic heterocycles. The summed E-state index contributed by atoms with van der Waals surface area (Å²) in [4.78, 5) is 16.6. The minimum atomic E-state index is -0.196. The number of carbonyl (C=O) groups excluding carboxylic acids is 1. The molecular formula is C19H24IN7O2. The first-order chi connectivity index (χ1) is 13.7.